The topological polar surface area (TPSA) is 55.9 Å². The van der Waals surface area contributed by atoms with Crippen molar-refractivity contribution in [3.8, 4) is 0 Å². The molecule has 4 nitrogen and oxygen atoms in total. The Balaban J connectivity index is 2.67. The van der Waals surface area contributed by atoms with Gasteiger partial charge in [0.05, 0.1) is 12.2 Å². The number of hydrogen-bond donors (Lipinski definition) is 0. The summed E-state index contributed by atoms with van der Waals surface area (Å²) >= 11 is 0. The van der Waals surface area contributed by atoms with E-state index in [1.165, 1.54) is 12.5 Å². The van der Waals surface area contributed by atoms with Crippen LogP contribution in [0.2, 0.25) is 0 Å². The van der Waals surface area contributed by atoms with Crippen molar-refractivity contribution >= 4 is 11.8 Å². The molecule has 20 heavy (non-hydrogen) atoms. The molecule has 0 radical (unpaired) electrons. The van der Waals surface area contributed by atoms with Gasteiger partial charge in [0.15, 0.2) is 5.78 Å². The van der Waals surface area contributed by atoms with E-state index in [0.29, 0.717) is 0 Å². The van der Waals surface area contributed by atoms with Gasteiger partial charge in [-0.05, 0) is 53.5 Å². The van der Waals surface area contributed by atoms with Crippen molar-refractivity contribution in [3.05, 3.63) is 23.3 Å². The average Bonchev–Trinajstić information content (AvgIpc) is 2.96. The summed E-state index contributed by atoms with van der Waals surface area (Å²) in [6, 6.07) is 0. The molecule has 0 aliphatic carbocycles. The summed E-state index contributed by atoms with van der Waals surface area (Å²) in [6.07, 6.45) is 5.37. The van der Waals surface area contributed by atoms with Crippen LogP contribution in [0.15, 0.2) is 23.3 Å². The predicted octanol–water partition coefficient (Wildman–Crippen LogP) is 2.97. The summed E-state index contributed by atoms with van der Waals surface area (Å²) in [4.78, 5) is 23.2. The Morgan fingerprint density at radius 1 is 1.30 bits per heavy atom. The maximum atomic E-state index is 11.7. The minimum absolute atomic E-state index is 0.0859. The number of ether oxygens (including phenoxy) is 2. The molecular weight excluding hydrogens is 256 g/mol. The van der Waals surface area contributed by atoms with E-state index in [2.05, 4.69) is 19.9 Å². The normalized spacial score (nSPS) is 25.1. The molecule has 1 rings (SSSR count). The molecule has 0 aromatic rings. The van der Waals surface area contributed by atoms with Crippen LogP contribution in [-0.2, 0) is 19.1 Å². The van der Waals surface area contributed by atoms with Gasteiger partial charge in [-0.25, -0.2) is 4.79 Å². The highest BCUT2D eigenvalue weighted by Gasteiger charge is 2.50. The number of carbonyl (C=O) groups is 2. The molecule has 1 saturated heterocycles. The van der Waals surface area contributed by atoms with Gasteiger partial charge in [0.2, 0.25) is 0 Å². The molecule has 1 aliphatic heterocycles. The first-order valence-corrected chi connectivity index (χ1v) is 7.01. The van der Waals surface area contributed by atoms with E-state index in [9.17, 15) is 9.59 Å². The van der Waals surface area contributed by atoms with Crippen LogP contribution in [0, 0.1) is 0 Å². The number of hydrogen-bond acceptors (Lipinski definition) is 4. The monoisotopic (exact) mass is 280 g/mol. The minimum atomic E-state index is -0.567. The third kappa shape index (κ3) is 4.60. The second-order valence-electron chi connectivity index (χ2n) is 5.53. The van der Waals surface area contributed by atoms with E-state index in [0.717, 1.165) is 12.8 Å². The fraction of sp³-hybridized carbons (Fsp3) is 0.625. The molecule has 112 valence electrons. The lowest BCUT2D eigenvalue weighted by molar-refractivity contribution is -0.139. The van der Waals surface area contributed by atoms with Crippen LogP contribution in [0.1, 0.15) is 47.5 Å². The first-order chi connectivity index (χ1) is 9.30. The molecule has 4 heteroatoms. The van der Waals surface area contributed by atoms with Gasteiger partial charge in [0.25, 0.3) is 0 Å². The Morgan fingerprint density at radius 2 is 1.95 bits per heavy atom. The first kappa shape index (κ1) is 16.6. The SMILES string of the molecule is CCOC(=O)C(=CC1OC1(C)CCC=C(C)C)C(C)=O. The van der Waals surface area contributed by atoms with E-state index in [-0.39, 0.29) is 29.7 Å². The Kier molecular flexibility index (Phi) is 5.69. The zero-order chi connectivity index (χ0) is 15.3. The molecule has 0 amide bonds. The number of carbonyl (C=O) groups excluding carboxylic acids is 2. The van der Waals surface area contributed by atoms with Crippen LogP contribution >= 0.6 is 0 Å². The van der Waals surface area contributed by atoms with Crippen LogP contribution in [0.4, 0.5) is 0 Å². The molecular formula is C16H24O4. The van der Waals surface area contributed by atoms with Crippen LogP contribution in [0.25, 0.3) is 0 Å². The Bertz CT molecular complexity index is 443. The molecule has 2 atom stereocenters. The second kappa shape index (κ2) is 6.84. The van der Waals surface area contributed by atoms with Gasteiger partial charge in [-0.2, -0.15) is 0 Å². The fourth-order valence-corrected chi connectivity index (χ4v) is 2.00. The molecule has 0 bridgehead atoms. The Morgan fingerprint density at radius 3 is 2.45 bits per heavy atom. The molecule has 1 aliphatic rings. The van der Waals surface area contributed by atoms with Crippen molar-refractivity contribution in [2.24, 2.45) is 0 Å². The Hall–Kier alpha value is -1.42. The van der Waals surface area contributed by atoms with Crippen LogP contribution < -0.4 is 0 Å². The highest BCUT2D eigenvalue weighted by atomic mass is 16.6. The lowest BCUT2D eigenvalue weighted by Gasteiger charge is -2.04. The summed E-state index contributed by atoms with van der Waals surface area (Å²) in [5.41, 5.74) is 1.08. The second-order valence-corrected chi connectivity index (χ2v) is 5.53. The highest BCUT2D eigenvalue weighted by Crippen LogP contribution is 2.42. The predicted molar refractivity (Wildman–Crippen MR) is 77.3 cm³/mol. The highest BCUT2D eigenvalue weighted by molar-refractivity contribution is 6.16. The number of allylic oxidation sites excluding steroid dienone is 2. The fourth-order valence-electron chi connectivity index (χ4n) is 2.00. The molecule has 0 aromatic carbocycles. The van der Waals surface area contributed by atoms with Crippen molar-refractivity contribution in [2.75, 3.05) is 6.61 Å². The summed E-state index contributed by atoms with van der Waals surface area (Å²) in [7, 11) is 0. The number of ketones is 1. The van der Waals surface area contributed by atoms with E-state index >= 15 is 0 Å². The lowest BCUT2D eigenvalue weighted by atomic mass is 9.98. The van der Waals surface area contributed by atoms with Crippen LogP contribution in [-0.4, -0.2) is 30.1 Å². The standard InChI is InChI=1S/C16H24O4/c1-6-19-15(18)13(12(4)17)10-14-16(5,20-14)9-7-8-11(2)3/h8,10,14H,6-7,9H2,1-5H3. The first-order valence-electron chi connectivity index (χ1n) is 7.01. The summed E-state index contributed by atoms with van der Waals surface area (Å²) < 4.78 is 10.5. The number of rotatable bonds is 7. The summed E-state index contributed by atoms with van der Waals surface area (Å²) in [6.45, 7) is 9.45. The van der Waals surface area contributed by atoms with Crippen LogP contribution in [0.3, 0.4) is 0 Å². The van der Waals surface area contributed by atoms with Gasteiger partial charge in [-0.15, -0.1) is 0 Å². The van der Waals surface area contributed by atoms with Gasteiger partial charge in [0, 0.05) is 0 Å². The van der Waals surface area contributed by atoms with E-state index in [4.69, 9.17) is 9.47 Å². The molecule has 1 fully saturated rings. The summed E-state index contributed by atoms with van der Waals surface area (Å²) in [5, 5.41) is 0. The maximum Gasteiger partial charge on any atom is 0.341 e. The Labute approximate surface area is 120 Å². The van der Waals surface area contributed by atoms with Gasteiger partial charge in [0.1, 0.15) is 11.7 Å². The van der Waals surface area contributed by atoms with Crippen molar-refractivity contribution < 1.29 is 19.1 Å². The molecule has 0 spiro atoms. The van der Waals surface area contributed by atoms with Gasteiger partial charge >= 0.3 is 5.97 Å². The van der Waals surface area contributed by atoms with Crippen molar-refractivity contribution in [1.82, 2.24) is 0 Å². The van der Waals surface area contributed by atoms with Gasteiger partial charge < -0.3 is 9.47 Å². The van der Waals surface area contributed by atoms with Crippen LogP contribution in [0.5, 0.6) is 0 Å². The number of epoxide rings is 1. The zero-order valence-electron chi connectivity index (χ0n) is 13.0. The third-order valence-corrected chi connectivity index (χ3v) is 3.33. The van der Waals surface area contributed by atoms with E-state index < -0.39 is 5.97 Å². The lowest BCUT2D eigenvalue weighted by Crippen LogP contribution is -2.16. The van der Waals surface area contributed by atoms with Gasteiger partial charge in [-0.1, -0.05) is 11.6 Å². The van der Waals surface area contributed by atoms with E-state index in [1.54, 1.807) is 13.0 Å². The minimum Gasteiger partial charge on any atom is -0.462 e. The van der Waals surface area contributed by atoms with Crippen molar-refractivity contribution in [2.45, 2.75) is 59.2 Å². The quantitative estimate of drug-likeness (QED) is 0.180. The number of esters is 1. The van der Waals surface area contributed by atoms with Crippen molar-refractivity contribution in [1.29, 1.82) is 0 Å². The average molecular weight is 280 g/mol. The van der Waals surface area contributed by atoms with E-state index in [1.807, 2.05) is 6.92 Å². The molecule has 0 aromatic heterocycles. The molecule has 1 heterocycles. The summed E-state index contributed by atoms with van der Waals surface area (Å²) in [5.74, 6) is -0.854. The molecule has 0 saturated carbocycles. The smallest absolute Gasteiger partial charge is 0.341 e. The zero-order valence-corrected chi connectivity index (χ0v) is 13.0. The maximum absolute atomic E-state index is 11.7. The molecule has 0 N–H and O–H groups in total. The molecule has 2 unspecified atom stereocenters. The third-order valence-electron chi connectivity index (χ3n) is 3.33. The van der Waals surface area contributed by atoms with Gasteiger partial charge in [-0.3, -0.25) is 4.79 Å². The largest absolute Gasteiger partial charge is 0.462 e. The van der Waals surface area contributed by atoms with Crippen molar-refractivity contribution in [3.63, 3.8) is 0 Å². The number of Topliss-reactive ketones (excluding diaryl/α,β-unsaturated/α-hetero) is 1.